The fourth-order valence-electron chi connectivity index (χ4n) is 10.8. The van der Waals surface area contributed by atoms with Crippen molar-refractivity contribution < 1.29 is 41.7 Å². The van der Waals surface area contributed by atoms with Crippen molar-refractivity contribution in [2.45, 2.75) is 122 Å². The third kappa shape index (κ3) is 5.65. The molecule has 0 radical (unpaired) electrons. The van der Waals surface area contributed by atoms with E-state index in [2.05, 4.69) is 32.4 Å². The van der Waals surface area contributed by atoms with Crippen LogP contribution < -0.4 is 4.72 Å². The Bertz CT molecular complexity index is 1570. The van der Waals surface area contributed by atoms with Crippen LogP contribution >= 0.6 is 0 Å². The summed E-state index contributed by atoms with van der Waals surface area (Å²) < 4.78 is 59.7. The molecule has 1 spiro atoms. The molecule has 2 saturated carbocycles. The van der Waals surface area contributed by atoms with Crippen molar-refractivity contribution in [3.05, 3.63) is 41.7 Å². The van der Waals surface area contributed by atoms with E-state index in [1.54, 1.807) is 12.1 Å². The molecule has 0 bridgehead atoms. The van der Waals surface area contributed by atoms with Crippen molar-refractivity contribution in [2.24, 2.45) is 46.3 Å². The predicted octanol–water partition coefficient (Wildman–Crippen LogP) is 6.62. The Morgan fingerprint density at radius 2 is 1.71 bits per heavy atom. The van der Waals surface area contributed by atoms with E-state index in [1.807, 2.05) is 13.0 Å². The maximum absolute atomic E-state index is 13.3. The van der Waals surface area contributed by atoms with Crippen molar-refractivity contribution in [3.63, 3.8) is 0 Å². The number of carbonyl (C=O) groups excluding carboxylic acids is 2. The molecular weight excluding hydrogens is 634 g/mol. The molecule has 12 atom stereocenters. The standard InChI is InChI=1S/C37H51NO9S/c1-21-7-9-26(10-8-21)48(41,42)38-34(40)46-32-18-27-28(35(5)14-12-25(44-24(4)39)17-31(35)45-32)13-15-36(6)29(27)19-30-33(36)23(3)37(47-30)16-11-22(2)20-43-37/h7-10,17,22-23,25,27-30,32-33H,11-16,18-20H2,1-6H3,(H,38,40)/t22-,23+,25+,27-,28+,29+,30+,32-,33+,35-,36+,37-/m1/s1. The second-order valence-corrected chi connectivity index (χ2v) is 17.8. The summed E-state index contributed by atoms with van der Waals surface area (Å²) in [4.78, 5) is 25.1. The van der Waals surface area contributed by atoms with E-state index in [-0.39, 0.29) is 45.6 Å². The van der Waals surface area contributed by atoms with Crippen LogP contribution in [0.2, 0.25) is 0 Å². The van der Waals surface area contributed by atoms with E-state index in [1.165, 1.54) is 19.1 Å². The summed E-state index contributed by atoms with van der Waals surface area (Å²) in [6.07, 6.45) is 6.26. The van der Waals surface area contributed by atoms with Crippen molar-refractivity contribution in [1.29, 1.82) is 0 Å². The summed E-state index contributed by atoms with van der Waals surface area (Å²) in [5.74, 6) is 1.61. The number of aryl methyl sites for hydroxylation is 1. The lowest BCUT2D eigenvalue weighted by atomic mass is 9.50. The van der Waals surface area contributed by atoms with Gasteiger partial charge in [-0.25, -0.2) is 17.9 Å². The Kier molecular flexibility index (Phi) is 8.47. The second kappa shape index (κ2) is 12.0. The van der Waals surface area contributed by atoms with Gasteiger partial charge in [0.1, 0.15) is 11.9 Å². The molecule has 10 nitrogen and oxygen atoms in total. The minimum absolute atomic E-state index is 0.00226. The SMILES string of the molecule is CC(=O)O[C@@H]1C=C2O[C@H](OC(=O)NS(=O)(=O)c3ccc(C)cc3)C[C@H]3[C@@H]4C[C@@H]5O[C@]6(CC[C@@H](C)CO6)[C@@H](C)[C@@H]5[C@@]4(C)CC[C@@H]3[C@@]2(C)CC1. The van der Waals surface area contributed by atoms with Gasteiger partial charge in [0, 0.05) is 31.1 Å². The minimum atomic E-state index is -4.16. The average molecular weight is 686 g/mol. The number of nitrogens with one attached hydrogen (secondary N) is 1. The lowest BCUT2D eigenvalue weighted by Crippen LogP contribution is -2.51. The lowest BCUT2D eigenvalue weighted by Gasteiger charge is -2.54. The number of allylic oxidation sites excluding steroid dienone is 1. The highest BCUT2D eigenvalue weighted by atomic mass is 32.2. The number of carbonyl (C=O) groups is 2. The van der Waals surface area contributed by atoms with Gasteiger partial charge in [0.25, 0.3) is 10.0 Å². The molecule has 3 heterocycles. The van der Waals surface area contributed by atoms with E-state index in [0.29, 0.717) is 36.4 Å². The molecule has 0 unspecified atom stereocenters. The molecule has 1 N–H and O–H groups in total. The van der Waals surface area contributed by atoms with E-state index < -0.39 is 34.3 Å². The van der Waals surface area contributed by atoms with E-state index in [0.717, 1.165) is 50.7 Å². The highest BCUT2D eigenvalue weighted by Crippen LogP contribution is 2.70. The second-order valence-electron chi connectivity index (χ2n) is 16.1. The first kappa shape index (κ1) is 33.8. The molecule has 11 heteroatoms. The summed E-state index contributed by atoms with van der Waals surface area (Å²) >= 11 is 0. The number of amides is 1. The first-order valence-electron chi connectivity index (χ1n) is 17.8. The van der Waals surface area contributed by atoms with Gasteiger partial charge in [0.05, 0.1) is 17.6 Å². The largest absolute Gasteiger partial charge is 0.459 e. The zero-order chi connectivity index (χ0) is 34.2. The van der Waals surface area contributed by atoms with Crippen LogP contribution in [0.3, 0.4) is 0 Å². The van der Waals surface area contributed by atoms with Crippen LogP contribution in [0.15, 0.2) is 41.0 Å². The Morgan fingerprint density at radius 3 is 2.40 bits per heavy atom. The van der Waals surface area contributed by atoms with Crippen molar-refractivity contribution >= 4 is 22.1 Å². The molecule has 1 aromatic carbocycles. The predicted molar refractivity (Wildman–Crippen MR) is 175 cm³/mol. The fraction of sp³-hybridized carbons (Fsp3) is 0.730. The molecule has 1 amide bonds. The molecule has 0 aromatic heterocycles. The number of benzene rings is 1. The van der Waals surface area contributed by atoms with Gasteiger partial charge >= 0.3 is 12.1 Å². The third-order valence-electron chi connectivity index (χ3n) is 13.2. The number of hydrogen-bond donors (Lipinski definition) is 1. The van der Waals surface area contributed by atoms with Crippen LogP contribution in [0.5, 0.6) is 0 Å². The smallest absolute Gasteiger partial charge is 0.424 e. The van der Waals surface area contributed by atoms with Gasteiger partial charge in [-0.05, 0) is 98.7 Å². The van der Waals surface area contributed by atoms with Crippen molar-refractivity contribution in [2.75, 3.05) is 6.61 Å². The van der Waals surface area contributed by atoms with Gasteiger partial charge in [0.2, 0.25) is 6.29 Å². The molecule has 3 aliphatic heterocycles. The fourth-order valence-corrected chi connectivity index (χ4v) is 11.7. The summed E-state index contributed by atoms with van der Waals surface area (Å²) in [5, 5.41) is 0. The van der Waals surface area contributed by atoms with Gasteiger partial charge in [0.15, 0.2) is 5.79 Å². The topological polar surface area (TPSA) is 126 Å². The van der Waals surface area contributed by atoms with E-state index in [4.69, 9.17) is 23.7 Å². The summed E-state index contributed by atoms with van der Waals surface area (Å²) in [6, 6.07) is 6.26. The Morgan fingerprint density at radius 1 is 0.958 bits per heavy atom. The van der Waals surface area contributed by atoms with Crippen LogP contribution in [-0.2, 0) is 38.5 Å². The first-order chi connectivity index (χ1) is 22.6. The molecule has 3 aliphatic carbocycles. The zero-order valence-corrected chi connectivity index (χ0v) is 29.8. The lowest BCUT2D eigenvalue weighted by molar-refractivity contribution is -0.272. The van der Waals surface area contributed by atoms with Crippen LogP contribution in [0.25, 0.3) is 0 Å². The van der Waals surface area contributed by atoms with Gasteiger partial charge in [-0.1, -0.05) is 45.4 Å². The van der Waals surface area contributed by atoms with Gasteiger partial charge in [-0.3, -0.25) is 4.79 Å². The Balaban J connectivity index is 1.17. The molecule has 1 aromatic rings. The van der Waals surface area contributed by atoms with E-state index >= 15 is 0 Å². The molecule has 264 valence electrons. The van der Waals surface area contributed by atoms with Crippen LogP contribution in [0.1, 0.15) is 91.5 Å². The molecule has 6 aliphatic rings. The average Bonchev–Trinajstić information content (AvgIpc) is 3.41. The van der Waals surface area contributed by atoms with Crippen LogP contribution in [0.4, 0.5) is 4.79 Å². The number of rotatable bonds is 4. The number of ether oxygens (including phenoxy) is 5. The maximum atomic E-state index is 13.3. The number of hydrogen-bond acceptors (Lipinski definition) is 9. The highest BCUT2D eigenvalue weighted by Gasteiger charge is 2.69. The first-order valence-corrected chi connectivity index (χ1v) is 19.3. The third-order valence-corrected chi connectivity index (χ3v) is 14.5. The molecule has 3 saturated heterocycles. The van der Waals surface area contributed by atoms with Gasteiger partial charge in [-0.15, -0.1) is 0 Å². The molecule has 48 heavy (non-hydrogen) atoms. The molecule has 7 rings (SSSR count). The number of sulfonamides is 1. The van der Waals surface area contributed by atoms with Crippen LogP contribution in [0, 0.1) is 53.3 Å². The normalized spacial score (nSPS) is 43.4. The molecule has 5 fully saturated rings. The molecular formula is C37H51NO9S. The zero-order valence-electron chi connectivity index (χ0n) is 29.0. The minimum Gasteiger partial charge on any atom is -0.459 e. The maximum Gasteiger partial charge on any atom is 0.424 e. The van der Waals surface area contributed by atoms with Gasteiger partial charge in [-0.2, -0.15) is 0 Å². The number of fused-ring (bicyclic) bond motifs is 7. The summed E-state index contributed by atoms with van der Waals surface area (Å²) in [6.45, 7) is 13.2. The van der Waals surface area contributed by atoms with Crippen molar-refractivity contribution in [1.82, 2.24) is 4.72 Å². The Hall–Kier alpha value is -2.63. The van der Waals surface area contributed by atoms with Crippen molar-refractivity contribution in [3.8, 4) is 0 Å². The van der Waals surface area contributed by atoms with Crippen LogP contribution in [-0.4, -0.2) is 51.4 Å². The quantitative estimate of drug-likeness (QED) is 0.348. The van der Waals surface area contributed by atoms with E-state index in [9.17, 15) is 18.0 Å². The Labute approximate surface area is 284 Å². The monoisotopic (exact) mass is 685 g/mol. The summed E-state index contributed by atoms with van der Waals surface area (Å²) in [5.41, 5.74) is 0.543. The number of esters is 1. The van der Waals surface area contributed by atoms with Gasteiger partial charge < -0.3 is 23.7 Å². The highest BCUT2D eigenvalue weighted by molar-refractivity contribution is 7.90. The summed E-state index contributed by atoms with van der Waals surface area (Å²) in [7, 11) is -4.16.